The van der Waals surface area contributed by atoms with Crippen LogP contribution in [0.3, 0.4) is 0 Å². The highest BCUT2D eigenvalue weighted by atomic mass is 16.5. The molecule has 1 aromatic heterocycles. The highest BCUT2D eigenvalue weighted by Crippen LogP contribution is 2.15. The van der Waals surface area contributed by atoms with Gasteiger partial charge < -0.3 is 10.1 Å². The molecule has 2 rings (SSSR count). The molecule has 90 valence electrons. The number of rotatable bonds is 4. The molecule has 0 saturated carbocycles. The van der Waals surface area contributed by atoms with Crippen LogP contribution in [0.4, 0.5) is 5.82 Å². The third-order valence-electron chi connectivity index (χ3n) is 2.91. The summed E-state index contributed by atoms with van der Waals surface area (Å²) in [6, 6.07) is 7.45. The van der Waals surface area contributed by atoms with E-state index < -0.39 is 0 Å². The van der Waals surface area contributed by atoms with Gasteiger partial charge in [0.2, 0.25) is 0 Å². The number of nitrogens with zero attached hydrogens (tertiary/aromatic N) is 2. The van der Waals surface area contributed by atoms with Crippen LogP contribution in [0.5, 0.6) is 0 Å². The van der Waals surface area contributed by atoms with Crippen molar-refractivity contribution in [3.05, 3.63) is 23.9 Å². The second kappa shape index (κ2) is 6.21. The lowest BCUT2D eigenvalue weighted by Gasteiger charge is -2.22. The van der Waals surface area contributed by atoms with Gasteiger partial charge in [-0.05, 0) is 37.8 Å². The van der Waals surface area contributed by atoms with Crippen molar-refractivity contribution in [2.24, 2.45) is 0 Å². The molecule has 1 N–H and O–H groups in total. The Bertz CT molecular complexity index is 394. The van der Waals surface area contributed by atoms with Gasteiger partial charge in [0.05, 0.1) is 6.10 Å². The minimum Gasteiger partial charge on any atom is -0.378 e. The molecule has 0 bridgehead atoms. The van der Waals surface area contributed by atoms with Crippen molar-refractivity contribution in [1.29, 1.82) is 5.26 Å². The Morgan fingerprint density at radius 2 is 2.41 bits per heavy atom. The summed E-state index contributed by atoms with van der Waals surface area (Å²) in [6.45, 7) is 1.74. The van der Waals surface area contributed by atoms with Gasteiger partial charge in [0, 0.05) is 13.2 Å². The lowest BCUT2D eigenvalue weighted by Crippen LogP contribution is -2.22. The minimum atomic E-state index is 0.385. The topological polar surface area (TPSA) is 57.9 Å². The second-order valence-electron chi connectivity index (χ2n) is 4.22. The summed E-state index contributed by atoms with van der Waals surface area (Å²) in [5.41, 5.74) is 0.448. The summed E-state index contributed by atoms with van der Waals surface area (Å²) < 4.78 is 5.65. The SMILES string of the molecule is N#Cc1cccc(NCCC2CCCCO2)n1. The van der Waals surface area contributed by atoms with Gasteiger partial charge in [-0.25, -0.2) is 4.98 Å². The number of hydrogen-bond acceptors (Lipinski definition) is 4. The van der Waals surface area contributed by atoms with E-state index in [0.717, 1.165) is 31.8 Å². The van der Waals surface area contributed by atoms with Gasteiger partial charge >= 0.3 is 0 Å². The van der Waals surface area contributed by atoms with E-state index in [9.17, 15) is 0 Å². The monoisotopic (exact) mass is 231 g/mol. The first-order valence-electron chi connectivity index (χ1n) is 6.11. The zero-order chi connectivity index (χ0) is 11.9. The number of nitrogens with one attached hydrogen (secondary N) is 1. The minimum absolute atomic E-state index is 0.385. The number of aromatic nitrogens is 1. The molecule has 1 atom stereocenters. The van der Waals surface area contributed by atoms with Gasteiger partial charge in [0.25, 0.3) is 0 Å². The molecule has 4 heteroatoms. The lowest BCUT2D eigenvalue weighted by molar-refractivity contribution is 0.0134. The van der Waals surface area contributed by atoms with Gasteiger partial charge in [-0.1, -0.05) is 6.07 Å². The summed E-state index contributed by atoms with van der Waals surface area (Å²) in [5.74, 6) is 0.764. The number of ether oxygens (including phenoxy) is 1. The molecule has 1 fully saturated rings. The molecule has 1 unspecified atom stereocenters. The largest absolute Gasteiger partial charge is 0.378 e. The van der Waals surface area contributed by atoms with Gasteiger partial charge in [0.15, 0.2) is 0 Å². The van der Waals surface area contributed by atoms with Gasteiger partial charge in [-0.2, -0.15) is 5.26 Å². The van der Waals surface area contributed by atoms with Crippen molar-refractivity contribution in [3.63, 3.8) is 0 Å². The Morgan fingerprint density at radius 3 is 3.18 bits per heavy atom. The van der Waals surface area contributed by atoms with E-state index in [2.05, 4.69) is 10.3 Å². The third kappa shape index (κ3) is 3.72. The van der Waals surface area contributed by atoms with Crippen LogP contribution in [0.1, 0.15) is 31.4 Å². The summed E-state index contributed by atoms with van der Waals surface area (Å²) >= 11 is 0. The molecule has 0 amide bonds. The summed E-state index contributed by atoms with van der Waals surface area (Å²) in [6.07, 6.45) is 5.00. The van der Waals surface area contributed by atoms with E-state index in [1.54, 1.807) is 6.07 Å². The first kappa shape index (κ1) is 11.9. The normalized spacial score (nSPS) is 19.6. The molecule has 1 aromatic rings. The molecule has 0 spiro atoms. The first-order chi connectivity index (χ1) is 8.38. The highest BCUT2D eigenvalue weighted by molar-refractivity contribution is 5.38. The van der Waals surface area contributed by atoms with Gasteiger partial charge in [0.1, 0.15) is 17.6 Å². The van der Waals surface area contributed by atoms with Crippen molar-refractivity contribution >= 4 is 5.82 Å². The Hall–Kier alpha value is -1.60. The molecule has 0 aromatic carbocycles. The third-order valence-corrected chi connectivity index (χ3v) is 2.91. The predicted molar refractivity (Wildman–Crippen MR) is 65.6 cm³/mol. The summed E-state index contributed by atoms with van der Waals surface area (Å²) in [4.78, 5) is 4.16. The maximum absolute atomic E-state index is 8.73. The van der Waals surface area contributed by atoms with Crippen molar-refractivity contribution < 1.29 is 4.74 Å². The Labute approximate surface area is 102 Å². The zero-order valence-electron chi connectivity index (χ0n) is 9.85. The molecule has 1 saturated heterocycles. The standard InChI is InChI=1S/C13H17N3O/c14-10-11-4-3-6-13(16-11)15-8-7-12-5-1-2-9-17-12/h3-4,6,12H,1-2,5,7-9H2,(H,15,16). The van der Waals surface area contributed by atoms with E-state index >= 15 is 0 Å². The molecule has 4 nitrogen and oxygen atoms in total. The fourth-order valence-corrected chi connectivity index (χ4v) is 1.99. The van der Waals surface area contributed by atoms with Crippen molar-refractivity contribution in [1.82, 2.24) is 4.98 Å². The van der Waals surface area contributed by atoms with Gasteiger partial charge in [-0.15, -0.1) is 0 Å². The van der Waals surface area contributed by atoms with Crippen LogP contribution >= 0.6 is 0 Å². The molecule has 0 aliphatic carbocycles. The quantitative estimate of drug-likeness (QED) is 0.864. The molecular weight excluding hydrogens is 214 g/mol. The number of anilines is 1. The van der Waals surface area contributed by atoms with Crippen molar-refractivity contribution in [2.45, 2.75) is 31.8 Å². The summed E-state index contributed by atoms with van der Waals surface area (Å²) in [5, 5.41) is 12.0. The Balaban J connectivity index is 1.75. The van der Waals surface area contributed by atoms with Crippen molar-refractivity contribution in [3.8, 4) is 6.07 Å². The lowest BCUT2D eigenvalue weighted by atomic mass is 10.1. The van der Waals surface area contributed by atoms with Crippen LogP contribution in [0, 0.1) is 11.3 Å². The predicted octanol–water partition coefficient (Wildman–Crippen LogP) is 2.32. The van der Waals surface area contributed by atoms with E-state index in [1.165, 1.54) is 12.8 Å². The smallest absolute Gasteiger partial charge is 0.142 e. The van der Waals surface area contributed by atoms with Crippen LogP contribution in [0.25, 0.3) is 0 Å². The van der Waals surface area contributed by atoms with Crippen LogP contribution in [0.15, 0.2) is 18.2 Å². The van der Waals surface area contributed by atoms with Gasteiger partial charge in [-0.3, -0.25) is 0 Å². The highest BCUT2D eigenvalue weighted by Gasteiger charge is 2.12. The first-order valence-corrected chi connectivity index (χ1v) is 6.11. The van der Waals surface area contributed by atoms with E-state index in [-0.39, 0.29) is 0 Å². The number of pyridine rings is 1. The van der Waals surface area contributed by atoms with Crippen LogP contribution < -0.4 is 5.32 Å². The van der Waals surface area contributed by atoms with Crippen molar-refractivity contribution in [2.75, 3.05) is 18.5 Å². The average molecular weight is 231 g/mol. The Kier molecular flexibility index (Phi) is 4.34. The maximum atomic E-state index is 8.73. The molecule has 0 radical (unpaired) electrons. The molecule has 1 aliphatic heterocycles. The fourth-order valence-electron chi connectivity index (χ4n) is 1.99. The summed E-state index contributed by atoms with van der Waals surface area (Å²) in [7, 11) is 0. The number of hydrogen-bond donors (Lipinski definition) is 1. The molecule has 1 aliphatic rings. The van der Waals surface area contributed by atoms with Crippen LogP contribution in [-0.2, 0) is 4.74 Å². The molecule has 2 heterocycles. The van der Waals surface area contributed by atoms with E-state index in [0.29, 0.717) is 11.8 Å². The zero-order valence-corrected chi connectivity index (χ0v) is 9.85. The molecular formula is C13H17N3O. The fraction of sp³-hybridized carbons (Fsp3) is 0.538. The number of nitriles is 1. The van der Waals surface area contributed by atoms with E-state index in [1.807, 2.05) is 18.2 Å². The average Bonchev–Trinajstić information content (AvgIpc) is 2.40. The Morgan fingerprint density at radius 1 is 1.47 bits per heavy atom. The van der Waals surface area contributed by atoms with Crippen LogP contribution in [-0.4, -0.2) is 24.2 Å². The maximum Gasteiger partial charge on any atom is 0.142 e. The van der Waals surface area contributed by atoms with Crippen LogP contribution in [0.2, 0.25) is 0 Å². The van der Waals surface area contributed by atoms with E-state index in [4.69, 9.17) is 10.00 Å². The second-order valence-corrected chi connectivity index (χ2v) is 4.22. The molecule has 17 heavy (non-hydrogen) atoms.